The van der Waals surface area contributed by atoms with E-state index in [-0.39, 0.29) is 23.3 Å². The van der Waals surface area contributed by atoms with Crippen molar-refractivity contribution in [1.82, 2.24) is 9.80 Å². The lowest BCUT2D eigenvalue weighted by Crippen LogP contribution is -2.51. The van der Waals surface area contributed by atoms with Crippen molar-refractivity contribution in [2.24, 2.45) is 5.92 Å². The summed E-state index contributed by atoms with van der Waals surface area (Å²) in [5.41, 5.74) is 0.398. The van der Waals surface area contributed by atoms with Crippen LogP contribution < -0.4 is 4.74 Å². The number of piperazine rings is 1. The van der Waals surface area contributed by atoms with Crippen molar-refractivity contribution < 1.29 is 14.3 Å². The molecule has 26 heavy (non-hydrogen) atoms. The predicted octanol–water partition coefficient (Wildman–Crippen LogP) is 3.58. The van der Waals surface area contributed by atoms with E-state index in [1.54, 1.807) is 0 Å². The first-order valence-corrected chi connectivity index (χ1v) is 9.62. The lowest BCUT2D eigenvalue weighted by molar-refractivity contribution is -0.137. The second-order valence-corrected chi connectivity index (χ2v) is 7.87. The molecule has 1 heterocycles. The lowest BCUT2D eigenvalue weighted by Gasteiger charge is -2.36. The van der Waals surface area contributed by atoms with Gasteiger partial charge in [0.05, 0.1) is 0 Å². The molecule has 0 saturated carbocycles. The number of carbonyl (C=O) groups is 2. The van der Waals surface area contributed by atoms with Crippen molar-refractivity contribution in [3.8, 4) is 5.75 Å². The Morgan fingerprint density at radius 2 is 1.46 bits per heavy atom. The average molecular weight is 360 g/mol. The standard InChI is InChI=1S/C21H32N2O3/c1-6-16(7-2)19(24)22-12-14-23(15-13-22)20(25)17-8-10-18(11-9-17)26-21(3,4)5/h8-11,16H,6-7,12-15H2,1-5H3. The summed E-state index contributed by atoms with van der Waals surface area (Å²) in [5.74, 6) is 1.11. The Balaban J connectivity index is 1.93. The van der Waals surface area contributed by atoms with Gasteiger partial charge in [0, 0.05) is 37.7 Å². The van der Waals surface area contributed by atoms with Crippen LogP contribution in [0, 0.1) is 5.92 Å². The highest BCUT2D eigenvalue weighted by Crippen LogP contribution is 2.20. The smallest absolute Gasteiger partial charge is 0.253 e. The molecule has 1 fully saturated rings. The van der Waals surface area contributed by atoms with E-state index in [2.05, 4.69) is 13.8 Å². The van der Waals surface area contributed by atoms with Crippen molar-refractivity contribution in [3.05, 3.63) is 29.8 Å². The first-order chi connectivity index (χ1) is 12.2. The highest BCUT2D eigenvalue weighted by Gasteiger charge is 2.27. The molecule has 5 nitrogen and oxygen atoms in total. The second kappa shape index (κ2) is 8.56. The van der Waals surface area contributed by atoms with Gasteiger partial charge in [-0.2, -0.15) is 0 Å². The molecule has 0 unspecified atom stereocenters. The highest BCUT2D eigenvalue weighted by atomic mass is 16.5. The fourth-order valence-corrected chi connectivity index (χ4v) is 3.23. The van der Waals surface area contributed by atoms with Crippen LogP contribution in [0.2, 0.25) is 0 Å². The minimum Gasteiger partial charge on any atom is -0.488 e. The fraction of sp³-hybridized carbons (Fsp3) is 0.619. The summed E-state index contributed by atoms with van der Waals surface area (Å²) in [6.07, 6.45) is 1.74. The van der Waals surface area contributed by atoms with E-state index in [4.69, 9.17) is 4.74 Å². The number of hydrogen-bond acceptors (Lipinski definition) is 3. The Morgan fingerprint density at radius 3 is 1.92 bits per heavy atom. The van der Waals surface area contributed by atoms with Gasteiger partial charge in [-0.05, 0) is 57.9 Å². The average Bonchev–Trinajstić information content (AvgIpc) is 2.61. The third-order valence-electron chi connectivity index (χ3n) is 4.74. The van der Waals surface area contributed by atoms with Gasteiger partial charge in [-0.25, -0.2) is 0 Å². The molecule has 0 bridgehead atoms. The zero-order chi connectivity index (χ0) is 19.3. The Hall–Kier alpha value is -2.04. The van der Waals surface area contributed by atoms with Crippen LogP contribution in [-0.4, -0.2) is 53.4 Å². The third kappa shape index (κ3) is 5.23. The van der Waals surface area contributed by atoms with Gasteiger partial charge in [-0.15, -0.1) is 0 Å². The molecular formula is C21H32N2O3. The molecule has 1 aliphatic heterocycles. The molecule has 0 atom stereocenters. The van der Waals surface area contributed by atoms with E-state index >= 15 is 0 Å². The van der Waals surface area contributed by atoms with E-state index in [1.807, 2.05) is 54.8 Å². The van der Waals surface area contributed by atoms with Crippen LogP contribution >= 0.6 is 0 Å². The van der Waals surface area contributed by atoms with Gasteiger partial charge in [0.15, 0.2) is 0 Å². The van der Waals surface area contributed by atoms with Crippen LogP contribution in [0.25, 0.3) is 0 Å². The Morgan fingerprint density at radius 1 is 0.962 bits per heavy atom. The molecule has 0 spiro atoms. The molecule has 1 saturated heterocycles. The van der Waals surface area contributed by atoms with Crippen LogP contribution in [0.3, 0.4) is 0 Å². The Labute approximate surface area is 157 Å². The summed E-state index contributed by atoms with van der Waals surface area (Å²) in [5, 5.41) is 0. The van der Waals surface area contributed by atoms with Gasteiger partial charge in [0.2, 0.25) is 5.91 Å². The van der Waals surface area contributed by atoms with Crippen molar-refractivity contribution in [1.29, 1.82) is 0 Å². The number of benzene rings is 1. The minimum atomic E-state index is -0.261. The topological polar surface area (TPSA) is 49.9 Å². The predicted molar refractivity (Wildman–Crippen MR) is 103 cm³/mol. The largest absolute Gasteiger partial charge is 0.488 e. The molecule has 1 aromatic carbocycles. The monoisotopic (exact) mass is 360 g/mol. The summed E-state index contributed by atoms with van der Waals surface area (Å²) in [6, 6.07) is 7.30. The fourth-order valence-electron chi connectivity index (χ4n) is 3.23. The van der Waals surface area contributed by atoms with E-state index < -0.39 is 0 Å². The number of rotatable bonds is 5. The third-order valence-corrected chi connectivity index (χ3v) is 4.74. The minimum absolute atomic E-state index is 0.0157. The summed E-state index contributed by atoms with van der Waals surface area (Å²) < 4.78 is 5.80. The Kier molecular flexibility index (Phi) is 6.68. The molecule has 1 aliphatic rings. The van der Waals surface area contributed by atoms with Crippen LogP contribution in [0.1, 0.15) is 57.8 Å². The number of nitrogens with zero attached hydrogens (tertiary/aromatic N) is 2. The number of carbonyl (C=O) groups excluding carboxylic acids is 2. The molecule has 0 aromatic heterocycles. The molecule has 0 aliphatic carbocycles. The normalized spacial score (nSPS) is 15.3. The van der Waals surface area contributed by atoms with Crippen molar-refractivity contribution in [2.75, 3.05) is 26.2 Å². The molecule has 2 amide bonds. The first kappa shape index (κ1) is 20.3. The zero-order valence-corrected chi connectivity index (χ0v) is 16.7. The number of amides is 2. The van der Waals surface area contributed by atoms with Crippen LogP contribution in [0.5, 0.6) is 5.75 Å². The van der Waals surface area contributed by atoms with Gasteiger partial charge in [0.25, 0.3) is 5.91 Å². The molecule has 0 radical (unpaired) electrons. The van der Waals surface area contributed by atoms with E-state index in [0.717, 1.165) is 18.6 Å². The molecule has 1 aromatic rings. The summed E-state index contributed by atoms with van der Waals surface area (Å²) in [4.78, 5) is 28.9. The van der Waals surface area contributed by atoms with E-state index in [0.29, 0.717) is 31.7 Å². The molecular weight excluding hydrogens is 328 g/mol. The van der Waals surface area contributed by atoms with Crippen molar-refractivity contribution in [2.45, 2.75) is 53.1 Å². The van der Waals surface area contributed by atoms with Crippen LogP contribution in [0.4, 0.5) is 0 Å². The van der Waals surface area contributed by atoms with Gasteiger partial charge in [-0.3, -0.25) is 9.59 Å². The number of hydrogen-bond donors (Lipinski definition) is 0. The lowest BCUT2D eigenvalue weighted by atomic mass is 10.0. The quantitative estimate of drug-likeness (QED) is 0.806. The van der Waals surface area contributed by atoms with Crippen molar-refractivity contribution >= 4 is 11.8 Å². The van der Waals surface area contributed by atoms with Gasteiger partial charge in [-0.1, -0.05) is 13.8 Å². The maximum Gasteiger partial charge on any atom is 0.253 e. The van der Waals surface area contributed by atoms with E-state index in [9.17, 15) is 9.59 Å². The summed E-state index contributed by atoms with van der Waals surface area (Å²) >= 11 is 0. The summed E-state index contributed by atoms with van der Waals surface area (Å²) in [6.45, 7) is 12.5. The zero-order valence-electron chi connectivity index (χ0n) is 16.7. The summed E-state index contributed by atoms with van der Waals surface area (Å²) in [7, 11) is 0. The maximum absolute atomic E-state index is 12.7. The van der Waals surface area contributed by atoms with Crippen LogP contribution in [0.15, 0.2) is 24.3 Å². The van der Waals surface area contributed by atoms with Crippen molar-refractivity contribution in [3.63, 3.8) is 0 Å². The second-order valence-electron chi connectivity index (χ2n) is 7.87. The Bertz CT molecular complexity index is 607. The maximum atomic E-state index is 12.7. The van der Waals surface area contributed by atoms with Gasteiger partial charge < -0.3 is 14.5 Å². The van der Waals surface area contributed by atoms with Crippen LogP contribution in [-0.2, 0) is 4.79 Å². The molecule has 144 valence electrons. The number of ether oxygens (including phenoxy) is 1. The van der Waals surface area contributed by atoms with Gasteiger partial charge in [0.1, 0.15) is 11.4 Å². The molecule has 0 N–H and O–H groups in total. The van der Waals surface area contributed by atoms with E-state index in [1.165, 1.54) is 0 Å². The SMILES string of the molecule is CCC(CC)C(=O)N1CCN(C(=O)c2ccc(OC(C)(C)C)cc2)CC1. The van der Waals surface area contributed by atoms with Gasteiger partial charge >= 0.3 is 0 Å². The molecule has 5 heteroatoms. The molecule has 2 rings (SSSR count). The highest BCUT2D eigenvalue weighted by molar-refractivity contribution is 5.94. The first-order valence-electron chi connectivity index (χ1n) is 9.62.